The normalized spacial score (nSPS) is 16.2. The summed E-state index contributed by atoms with van der Waals surface area (Å²) in [4.78, 5) is 22.3. The van der Waals surface area contributed by atoms with Crippen molar-refractivity contribution in [2.24, 2.45) is 0 Å². The summed E-state index contributed by atoms with van der Waals surface area (Å²) >= 11 is 0. The Bertz CT molecular complexity index is 462. The maximum atomic E-state index is 12.8. The summed E-state index contributed by atoms with van der Waals surface area (Å²) in [6.45, 7) is 3.41. The van der Waals surface area contributed by atoms with Gasteiger partial charge in [0.2, 0.25) is 7.29 Å². The maximum absolute atomic E-state index is 12.8. The molecule has 116 valence electrons. The Labute approximate surface area is 120 Å². The van der Waals surface area contributed by atoms with Gasteiger partial charge >= 0.3 is 11.9 Å². The lowest BCUT2D eigenvalue weighted by atomic mass is 10.0. The number of hydrogen-bond acceptors (Lipinski definition) is 3. The molecule has 0 aliphatic heterocycles. The number of nitrogens with zero attached hydrogens (tertiary/aromatic N) is 1. The van der Waals surface area contributed by atoms with Crippen LogP contribution in [0.2, 0.25) is 0 Å². The van der Waals surface area contributed by atoms with Crippen LogP contribution < -0.4 is 0 Å². The molecule has 0 saturated carbocycles. The molecule has 1 unspecified atom stereocenters. The van der Waals surface area contributed by atoms with Gasteiger partial charge in [-0.25, -0.2) is 9.59 Å². The lowest BCUT2D eigenvalue weighted by Crippen LogP contribution is -2.33. The fraction of sp³-hybridized carbons (Fsp3) is 0.692. The van der Waals surface area contributed by atoms with Crippen molar-refractivity contribution in [2.75, 3.05) is 33.5 Å². The van der Waals surface area contributed by atoms with E-state index in [4.69, 9.17) is 5.11 Å². The van der Waals surface area contributed by atoms with Crippen molar-refractivity contribution in [3.63, 3.8) is 0 Å². The molecule has 0 heterocycles. The molecule has 1 atom stereocenters. The van der Waals surface area contributed by atoms with Crippen LogP contribution in [0.1, 0.15) is 26.7 Å². The highest BCUT2D eigenvalue weighted by atomic mass is 31.2. The Morgan fingerprint density at radius 3 is 1.70 bits per heavy atom. The fourth-order valence-corrected chi connectivity index (χ4v) is 4.39. The van der Waals surface area contributed by atoms with E-state index in [2.05, 4.69) is 0 Å². The number of carboxylic acids is 2. The molecule has 7 heteroatoms. The van der Waals surface area contributed by atoms with E-state index in [-0.39, 0.29) is 34.4 Å². The van der Waals surface area contributed by atoms with Gasteiger partial charge in [-0.1, -0.05) is 13.8 Å². The predicted octanol–water partition coefficient (Wildman–Crippen LogP) is 2.26. The first-order valence-electron chi connectivity index (χ1n) is 6.58. The number of quaternary nitrogens is 1. The van der Waals surface area contributed by atoms with Gasteiger partial charge in [-0.3, -0.25) is 8.82 Å². The van der Waals surface area contributed by atoms with Crippen LogP contribution in [0.3, 0.4) is 0 Å². The second-order valence-corrected chi connectivity index (χ2v) is 9.47. The first-order valence-corrected chi connectivity index (χ1v) is 8.61. The first-order chi connectivity index (χ1) is 9.00. The zero-order chi connectivity index (χ0) is 16.1. The highest BCUT2D eigenvalue weighted by molar-refractivity contribution is 7.58. The van der Waals surface area contributed by atoms with Crippen molar-refractivity contribution in [1.29, 1.82) is 0 Å². The molecule has 0 bridgehead atoms. The number of carbonyl (C=O) groups is 2. The highest BCUT2D eigenvalue weighted by Gasteiger charge is 2.35. The summed E-state index contributed by atoms with van der Waals surface area (Å²) < 4.78 is 13.1. The molecule has 0 spiro atoms. The minimum atomic E-state index is -2.61. The predicted molar refractivity (Wildman–Crippen MR) is 78.3 cm³/mol. The number of aliphatic carboxylic acids is 2. The molecule has 0 saturated heterocycles. The Kier molecular flexibility index (Phi) is 6.65. The molecule has 0 aliphatic rings. The minimum absolute atomic E-state index is 0.0193. The summed E-state index contributed by atoms with van der Waals surface area (Å²) in [5, 5.41) is 18.2. The Balaban J connectivity index is 5.41. The maximum Gasteiger partial charge on any atom is 0.332 e. The Morgan fingerprint density at radius 2 is 1.45 bits per heavy atom. The van der Waals surface area contributed by atoms with Gasteiger partial charge in [-0.05, 0) is 12.8 Å². The monoisotopic (exact) mass is 306 g/mol. The molecule has 0 radical (unpaired) electrons. The van der Waals surface area contributed by atoms with Crippen LogP contribution >= 0.6 is 7.29 Å². The van der Waals surface area contributed by atoms with Gasteiger partial charge in [0.1, 0.15) is 0 Å². The van der Waals surface area contributed by atoms with Gasteiger partial charge < -0.3 is 10.2 Å². The summed E-state index contributed by atoms with van der Waals surface area (Å²) in [7, 11) is 2.82. The van der Waals surface area contributed by atoms with Gasteiger partial charge in [0.15, 0.2) is 0 Å². The zero-order valence-corrected chi connectivity index (χ0v) is 13.7. The zero-order valence-electron chi connectivity index (χ0n) is 12.8. The third-order valence-corrected chi connectivity index (χ3v) is 7.63. The largest absolute Gasteiger partial charge is 0.478 e. The van der Waals surface area contributed by atoms with E-state index in [9.17, 15) is 19.3 Å². The van der Waals surface area contributed by atoms with Crippen LogP contribution in [0, 0.1) is 0 Å². The molecule has 20 heavy (non-hydrogen) atoms. The summed E-state index contributed by atoms with van der Waals surface area (Å²) in [6, 6.07) is 0. The van der Waals surface area contributed by atoms with Crippen LogP contribution in [0.5, 0.6) is 0 Å². The van der Waals surface area contributed by atoms with Crippen LogP contribution in [0.15, 0.2) is 11.1 Å². The SMILES string of the molecule is CCC(C(=O)O)=C(CCP(=O)(CC)[N+](C)(C)C)C(=O)O. The van der Waals surface area contributed by atoms with E-state index < -0.39 is 19.2 Å². The molecule has 0 aromatic carbocycles. The third-order valence-electron chi connectivity index (χ3n) is 3.53. The molecule has 0 rings (SSSR count). The average molecular weight is 306 g/mol. The Morgan fingerprint density at radius 1 is 1.00 bits per heavy atom. The molecule has 0 amide bonds. The lowest BCUT2D eigenvalue weighted by Gasteiger charge is -2.33. The molecule has 0 fully saturated rings. The number of hydrogen-bond donors (Lipinski definition) is 2. The van der Waals surface area contributed by atoms with Crippen molar-refractivity contribution in [3.8, 4) is 0 Å². The van der Waals surface area contributed by atoms with Gasteiger partial charge in [0.25, 0.3) is 0 Å². The molecular weight excluding hydrogens is 281 g/mol. The van der Waals surface area contributed by atoms with E-state index >= 15 is 0 Å². The van der Waals surface area contributed by atoms with E-state index in [1.807, 2.05) is 28.1 Å². The molecular formula is C13H25NO5P+. The standard InChI is InChI=1S/C13H24NO5P/c1-6-10(12(15)16)11(13(17)18)8-9-20(19,7-2)14(3,4)5/h6-9H2,1-5H3,(H-,15,16,17,18)/p+1. The third kappa shape index (κ3) is 4.46. The first kappa shape index (κ1) is 18.9. The Hall–Kier alpha value is -1.13. The smallest absolute Gasteiger partial charge is 0.332 e. The highest BCUT2D eigenvalue weighted by Crippen LogP contribution is 2.53. The fourth-order valence-electron chi connectivity index (χ4n) is 2.05. The average Bonchev–Trinajstić information content (AvgIpc) is 2.31. The number of carboxylic acid groups (broad SMARTS) is 2. The molecule has 0 aliphatic carbocycles. The topological polar surface area (TPSA) is 91.7 Å². The van der Waals surface area contributed by atoms with Crippen molar-refractivity contribution in [3.05, 3.63) is 11.1 Å². The molecule has 6 nitrogen and oxygen atoms in total. The van der Waals surface area contributed by atoms with E-state index in [0.29, 0.717) is 6.16 Å². The second-order valence-electron chi connectivity index (χ2n) is 5.50. The summed E-state index contributed by atoms with van der Waals surface area (Å²) in [6.07, 6.45) is 0.812. The van der Waals surface area contributed by atoms with Crippen LogP contribution in [-0.4, -0.2) is 59.9 Å². The van der Waals surface area contributed by atoms with Crippen molar-refractivity contribution >= 4 is 19.2 Å². The number of rotatable bonds is 8. The molecule has 0 aromatic rings. The van der Waals surface area contributed by atoms with Crippen LogP contribution in [-0.2, 0) is 14.2 Å². The van der Waals surface area contributed by atoms with Crippen LogP contribution in [0.25, 0.3) is 0 Å². The van der Waals surface area contributed by atoms with Gasteiger partial charge in [-0.15, -0.1) is 0 Å². The second kappa shape index (κ2) is 7.04. The van der Waals surface area contributed by atoms with Gasteiger partial charge in [0, 0.05) is 17.3 Å². The lowest BCUT2D eigenvalue weighted by molar-refractivity contribution is -0.746. The van der Waals surface area contributed by atoms with Gasteiger partial charge in [0.05, 0.1) is 27.3 Å². The van der Waals surface area contributed by atoms with E-state index in [1.165, 1.54) is 0 Å². The molecule has 2 N–H and O–H groups in total. The van der Waals surface area contributed by atoms with Gasteiger partial charge in [-0.2, -0.15) is 0 Å². The van der Waals surface area contributed by atoms with Crippen molar-refractivity contribution in [2.45, 2.75) is 26.7 Å². The van der Waals surface area contributed by atoms with Crippen molar-refractivity contribution in [1.82, 2.24) is 0 Å². The quantitative estimate of drug-likeness (QED) is 0.530. The summed E-state index contributed by atoms with van der Waals surface area (Å²) in [5.41, 5.74) is -0.247. The van der Waals surface area contributed by atoms with Crippen molar-refractivity contribution < 1.29 is 28.6 Å². The van der Waals surface area contributed by atoms with E-state index in [0.717, 1.165) is 0 Å². The van der Waals surface area contributed by atoms with E-state index in [1.54, 1.807) is 6.92 Å². The molecule has 0 aromatic heterocycles. The minimum Gasteiger partial charge on any atom is -0.478 e. The van der Waals surface area contributed by atoms with Crippen LogP contribution in [0.4, 0.5) is 0 Å². The summed E-state index contributed by atoms with van der Waals surface area (Å²) in [5.74, 6) is -2.46.